The molecule has 1 aromatic rings. The van der Waals surface area contributed by atoms with E-state index < -0.39 is 20.9 Å². The Morgan fingerprint density at radius 1 is 1.39 bits per heavy atom. The summed E-state index contributed by atoms with van der Waals surface area (Å²) in [5.41, 5.74) is 0.121. The van der Waals surface area contributed by atoms with Crippen LogP contribution in [0, 0.1) is 0 Å². The van der Waals surface area contributed by atoms with Gasteiger partial charge in [0.15, 0.2) is 0 Å². The number of ether oxygens (including phenoxy) is 1. The van der Waals surface area contributed by atoms with Crippen LogP contribution in [-0.4, -0.2) is 65.1 Å². The number of morpholine rings is 1. The molecule has 0 unspecified atom stereocenters. The molecule has 3 fully saturated rings. The third kappa shape index (κ3) is 2.28. The van der Waals surface area contributed by atoms with Crippen molar-refractivity contribution >= 4 is 15.9 Å². The molecule has 3 atom stereocenters. The van der Waals surface area contributed by atoms with Crippen LogP contribution in [-0.2, 0) is 26.1 Å². The first-order valence-electron chi connectivity index (χ1n) is 7.72. The highest BCUT2D eigenvalue weighted by Gasteiger charge is 2.65. The molecule has 4 heterocycles. The van der Waals surface area contributed by atoms with Crippen LogP contribution in [0.4, 0.5) is 0 Å². The number of likely N-dealkylation sites (tertiary alicyclic amines) is 1. The number of nitrogens with zero attached hydrogens (tertiary/aromatic N) is 3. The summed E-state index contributed by atoms with van der Waals surface area (Å²) in [6.07, 6.45) is 3.61. The van der Waals surface area contributed by atoms with Gasteiger partial charge in [-0.05, 0) is 24.1 Å². The molecule has 1 spiro atoms. The first kappa shape index (κ1) is 15.0. The maximum absolute atomic E-state index is 12.9. The van der Waals surface area contributed by atoms with Crippen molar-refractivity contribution < 1.29 is 17.9 Å². The predicted octanol–water partition coefficient (Wildman–Crippen LogP) is -0.0146. The second-order valence-electron chi connectivity index (χ2n) is 6.60. The van der Waals surface area contributed by atoms with Crippen LogP contribution in [0.25, 0.3) is 0 Å². The molecule has 124 valence electrons. The Hall–Kier alpha value is -1.51. The van der Waals surface area contributed by atoms with Crippen molar-refractivity contribution in [2.75, 3.05) is 19.6 Å². The lowest BCUT2D eigenvalue weighted by Crippen LogP contribution is -2.56. The Kier molecular flexibility index (Phi) is 3.26. The number of carbonyl (C=O) groups is 1. The summed E-state index contributed by atoms with van der Waals surface area (Å²) in [5.74, 6) is -0.0247. The minimum Gasteiger partial charge on any atom is -0.365 e. The van der Waals surface area contributed by atoms with Crippen molar-refractivity contribution in [3.63, 3.8) is 0 Å². The fourth-order valence-electron chi connectivity index (χ4n) is 4.02. The number of fused-ring (bicyclic) bond motifs is 1. The lowest BCUT2D eigenvalue weighted by molar-refractivity contribution is -0.148. The normalized spacial score (nSPS) is 35.3. The third-order valence-electron chi connectivity index (χ3n) is 5.06. The van der Waals surface area contributed by atoms with Gasteiger partial charge in [0.2, 0.25) is 15.9 Å². The second kappa shape index (κ2) is 4.99. The van der Waals surface area contributed by atoms with Crippen LogP contribution >= 0.6 is 0 Å². The lowest BCUT2D eigenvalue weighted by atomic mass is 9.99. The van der Waals surface area contributed by atoms with Gasteiger partial charge in [-0.3, -0.25) is 9.78 Å². The van der Waals surface area contributed by atoms with Gasteiger partial charge in [0, 0.05) is 39.0 Å². The second-order valence-corrected chi connectivity index (χ2v) is 8.71. The minimum absolute atomic E-state index is 0.0247. The zero-order valence-electron chi connectivity index (χ0n) is 12.9. The summed E-state index contributed by atoms with van der Waals surface area (Å²) in [6, 6.07) is 3.63. The van der Waals surface area contributed by atoms with Gasteiger partial charge >= 0.3 is 0 Å². The van der Waals surface area contributed by atoms with E-state index in [-0.39, 0.29) is 12.0 Å². The standard InChI is InChI=1S/C15H19N3O4S/c1-11(19)17-8-13-6-14-15(9-17,22-13)10-18(23(14,20)21)7-12-2-4-16-5-3-12/h2-5,13-14H,6-10H2,1H3/t13-,14+,15+/m1/s1. The molecule has 1 aromatic heterocycles. The maximum Gasteiger partial charge on any atom is 0.220 e. The first-order valence-corrected chi connectivity index (χ1v) is 9.22. The maximum atomic E-state index is 12.9. The fourth-order valence-corrected chi connectivity index (χ4v) is 6.31. The molecule has 0 saturated carbocycles. The average Bonchev–Trinajstić information content (AvgIpc) is 2.87. The summed E-state index contributed by atoms with van der Waals surface area (Å²) < 4.78 is 33.4. The summed E-state index contributed by atoms with van der Waals surface area (Å²) in [4.78, 5) is 17.4. The van der Waals surface area contributed by atoms with E-state index in [2.05, 4.69) is 4.98 Å². The van der Waals surface area contributed by atoms with Crippen molar-refractivity contribution in [1.82, 2.24) is 14.2 Å². The van der Waals surface area contributed by atoms with Crippen molar-refractivity contribution in [3.05, 3.63) is 30.1 Å². The monoisotopic (exact) mass is 337 g/mol. The van der Waals surface area contributed by atoms with Crippen LogP contribution in [0.15, 0.2) is 24.5 Å². The fraction of sp³-hybridized carbons (Fsp3) is 0.600. The number of carbonyl (C=O) groups excluding carboxylic acids is 1. The molecule has 3 aliphatic heterocycles. The smallest absolute Gasteiger partial charge is 0.220 e. The van der Waals surface area contributed by atoms with Crippen molar-refractivity contribution in [2.24, 2.45) is 0 Å². The summed E-state index contributed by atoms with van der Waals surface area (Å²) in [5, 5.41) is -0.550. The van der Waals surface area contributed by atoms with E-state index in [0.29, 0.717) is 32.6 Å². The SMILES string of the molecule is CC(=O)N1C[C@H]2C[C@H]3[C@](C1)(CN(Cc1ccncc1)S3(=O)=O)O2. The van der Waals surface area contributed by atoms with Crippen LogP contribution in [0.1, 0.15) is 18.9 Å². The zero-order chi connectivity index (χ0) is 16.2. The predicted molar refractivity (Wildman–Crippen MR) is 81.8 cm³/mol. The topological polar surface area (TPSA) is 79.8 Å². The molecule has 1 amide bonds. The van der Waals surface area contributed by atoms with Gasteiger partial charge < -0.3 is 9.64 Å². The van der Waals surface area contributed by atoms with Gasteiger partial charge in [0.05, 0.1) is 12.6 Å². The van der Waals surface area contributed by atoms with E-state index in [1.165, 1.54) is 11.2 Å². The largest absolute Gasteiger partial charge is 0.365 e. The molecule has 0 N–H and O–H groups in total. The Labute approximate surface area is 135 Å². The van der Waals surface area contributed by atoms with Crippen LogP contribution in [0.2, 0.25) is 0 Å². The molecule has 23 heavy (non-hydrogen) atoms. The number of rotatable bonds is 2. The zero-order valence-corrected chi connectivity index (χ0v) is 13.7. The van der Waals surface area contributed by atoms with E-state index in [1.807, 2.05) is 12.1 Å². The molecule has 3 saturated heterocycles. The van der Waals surface area contributed by atoms with Crippen LogP contribution < -0.4 is 0 Å². The van der Waals surface area contributed by atoms with Gasteiger partial charge in [-0.25, -0.2) is 8.42 Å². The molecule has 2 bridgehead atoms. The summed E-state index contributed by atoms with van der Waals surface area (Å²) in [7, 11) is -3.43. The van der Waals surface area contributed by atoms with E-state index >= 15 is 0 Å². The summed E-state index contributed by atoms with van der Waals surface area (Å²) >= 11 is 0. The first-order chi connectivity index (χ1) is 10.9. The Morgan fingerprint density at radius 2 is 2.13 bits per heavy atom. The highest BCUT2D eigenvalue weighted by Crippen LogP contribution is 2.46. The Morgan fingerprint density at radius 3 is 2.83 bits per heavy atom. The Balaban J connectivity index is 1.63. The number of pyridine rings is 1. The number of hydrogen-bond acceptors (Lipinski definition) is 5. The van der Waals surface area contributed by atoms with E-state index in [1.54, 1.807) is 17.3 Å². The van der Waals surface area contributed by atoms with Crippen molar-refractivity contribution in [3.8, 4) is 0 Å². The number of aromatic nitrogens is 1. The van der Waals surface area contributed by atoms with Gasteiger partial charge in [0.25, 0.3) is 0 Å². The van der Waals surface area contributed by atoms with Crippen molar-refractivity contribution in [1.29, 1.82) is 0 Å². The van der Waals surface area contributed by atoms with Crippen LogP contribution in [0.3, 0.4) is 0 Å². The number of hydrogen-bond donors (Lipinski definition) is 0. The van der Waals surface area contributed by atoms with Gasteiger partial charge in [-0.2, -0.15) is 4.31 Å². The highest BCUT2D eigenvalue weighted by molar-refractivity contribution is 7.90. The van der Waals surface area contributed by atoms with E-state index in [9.17, 15) is 13.2 Å². The van der Waals surface area contributed by atoms with Gasteiger partial charge in [0.1, 0.15) is 10.9 Å². The molecular weight excluding hydrogens is 318 g/mol. The van der Waals surface area contributed by atoms with Crippen molar-refractivity contribution in [2.45, 2.75) is 36.8 Å². The minimum atomic E-state index is -3.43. The number of amides is 1. The number of sulfonamides is 1. The molecule has 0 radical (unpaired) electrons. The molecule has 3 aliphatic rings. The highest BCUT2D eigenvalue weighted by atomic mass is 32.2. The Bertz CT molecular complexity index is 738. The van der Waals surface area contributed by atoms with Gasteiger partial charge in [-0.1, -0.05) is 0 Å². The molecule has 7 nitrogen and oxygen atoms in total. The third-order valence-corrected chi connectivity index (χ3v) is 7.38. The molecule has 8 heteroatoms. The van der Waals surface area contributed by atoms with E-state index in [0.717, 1.165) is 5.56 Å². The quantitative estimate of drug-likeness (QED) is 0.758. The van der Waals surface area contributed by atoms with Gasteiger partial charge in [-0.15, -0.1) is 0 Å². The molecular formula is C15H19N3O4S. The average molecular weight is 337 g/mol. The molecule has 4 rings (SSSR count). The molecule has 0 aliphatic carbocycles. The molecule has 0 aromatic carbocycles. The summed E-state index contributed by atoms with van der Waals surface area (Å²) in [6.45, 7) is 3.00. The van der Waals surface area contributed by atoms with Crippen LogP contribution in [0.5, 0.6) is 0 Å². The lowest BCUT2D eigenvalue weighted by Gasteiger charge is -2.39. The van der Waals surface area contributed by atoms with E-state index in [4.69, 9.17) is 4.74 Å².